The van der Waals surface area contributed by atoms with E-state index >= 15 is 0 Å². The van der Waals surface area contributed by atoms with Gasteiger partial charge in [0.15, 0.2) is 17.5 Å². The Morgan fingerprint density at radius 2 is 1.97 bits per heavy atom. The molecule has 3 heterocycles. The van der Waals surface area contributed by atoms with Gasteiger partial charge in [0.2, 0.25) is 0 Å². The van der Waals surface area contributed by atoms with E-state index in [9.17, 15) is 0 Å². The Labute approximate surface area is 175 Å². The van der Waals surface area contributed by atoms with Crippen LogP contribution in [-0.4, -0.2) is 64.0 Å². The van der Waals surface area contributed by atoms with E-state index in [0.717, 1.165) is 62.4 Å². The third kappa shape index (κ3) is 5.20. The zero-order valence-corrected chi connectivity index (χ0v) is 17.5. The maximum atomic E-state index is 5.79. The maximum absolute atomic E-state index is 5.79. The van der Waals surface area contributed by atoms with Crippen molar-refractivity contribution in [2.24, 2.45) is 4.99 Å². The summed E-state index contributed by atoms with van der Waals surface area (Å²) in [6.07, 6.45) is 0.895. The van der Waals surface area contributed by atoms with Gasteiger partial charge >= 0.3 is 0 Å². The Morgan fingerprint density at radius 3 is 2.72 bits per heavy atom. The van der Waals surface area contributed by atoms with E-state index in [1.54, 1.807) is 18.4 Å². The van der Waals surface area contributed by atoms with Gasteiger partial charge in [-0.3, -0.25) is 9.89 Å². The van der Waals surface area contributed by atoms with Crippen molar-refractivity contribution in [1.82, 2.24) is 10.2 Å². The number of hydrogen-bond acceptors (Lipinski definition) is 6. The predicted octanol–water partition coefficient (Wildman–Crippen LogP) is 2.97. The average Bonchev–Trinajstić information content (AvgIpc) is 3.19. The van der Waals surface area contributed by atoms with Crippen LogP contribution in [0.1, 0.15) is 17.3 Å². The van der Waals surface area contributed by atoms with Gasteiger partial charge in [-0.2, -0.15) is 0 Å². The van der Waals surface area contributed by atoms with Gasteiger partial charge in [-0.1, -0.05) is 6.07 Å². The number of thiophene rings is 1. The second kappa shape index (κ2) is 9.96. The summed E-state index contributed by atoms with van der Waals surface area (Å²) < 4.78 is 17.0. The van der Waals surface area contributed by atoms with Crippen molar-refractivity contribution >= 4 is 23.0 Å². The molecule has 29 heavy (non-hydrogen) atoms. The summed E-state index contributed by atoms with van der Waals surface area (Å²) in [4.78, 5) is 8.22. The van der Waals surface area contributed by atoms with Crippen molar-refractivity contribution in [3.05, 3.63) is 40.6 Å². The van der Waals surface area contributed by atoms with Crippen LogP contribution < -0.4 is 20.1 Å². The lowest BCUT2D eigenvalue weighted by Crippen LogP contribution is -2.44. The fraction of sp³-hybridized carbons (Fsp3) is 0.476. The Morgan fingerprint density at radius 1 is 1.14 bits per heavy atom. The van der Waals surface area contributed by atoms with Crippen LogP contribution in [0.4, 0.5) is 5.69 Å². The molecule has 0 radical (unpaired) electrons. The van der Waals surface area contributed by atoms with Gasteiger partial charge < -0.3 is 24.8 Å². The van der Waals surface area contributed by atoms with Gasteiger partial charge in [0.25, 0.3) is 0 Å². The molecular weight excluding hydrogens is 388 g/mol. The number of guanidine groups is 1. The number of anilines is 1. The monoisotopic (exact) mass is 416 g/mol. The molecule has 1 atom stereocenters. The van der Waals surface area contributed by atoms with E-state index in [4.69, 9.17) is 14.2 Å². The summed E-state index contributed by atoms with van der Waals surface area (Å²) in [6.45, 7) is 5.58. The Hall–Kier alpha value is -2.29. The normalized spacial score (nSPS) is 18.7. The molecule has 156 valence electrons. The Bertz CT molecular complexity index is 806. The highest BCUT2D eigenvalue weighted by molar-refractivity contribution is 7.10. The summed E-state index contributed by atoms with van der Waals surface area (Å²) in [5.74, 6) is 2.29. The molecule has 1 aromatic heterocycles. The molecule has 7 nitrogen and oxygen atoms in total. The first-order chi connectivity index (χ1) is 14.3. The fourth-order valence-electron chi connectivity index (χ4n) is 3.53. The van der Waals surface area contributed by atoms with Crippen LogP contribution in [0, 0.1) is 0 Å². The number of rotatable bonds is 5. The van der Waals surface area contributed by atoms with Crippen LogP contribution in [0.5, 0.6) is 11.5 Å². The van der Waals surface area contributed by atoms with E-state index < -0.39 is 0 Å². The van der Waals surface area contributed by atoms with Crippen LogP contribution in [0.15, 0.2) is 40.7 Å². The zero-order valence-electron chi connectivity index (χ0n) is 16.7. The van der Waals surface area contributed by atoms with E-state index in [2.05, 4.69) is 38.0 Å². The van der Waals surface area contributed by atoms with Crippen molar-refractivity contribution < 1.29 is 14.2 Å². The number of aliphatic imine (C=N–C) groups is 1. The molecule has 1 fully saturated rings. The quantitative estimate of drug-likeness (QED) is 0.577. The average molecular weight is 417 g/mol. The summed E-state index contributed by atoms with van der Waals surface area (Å²) >= 11 is 1.79. The molecule has 1 unspecified atom stereocenters. The van der Waals surface area contributed by atoms with E-state index in [-0.39, 0.29) is 0 Å². The van der Waals surface area contributed by atoms with Crippen LogP contribution in [-0.2, 0) is 4.74 Å². The smallest absolute Gasteiger partial charge is 0.195 e. The molecule has 8 heteroatoms. The number of nitrogens with one attached hydrogen (secondary N) is 2. The van der Waals surface area contributed by atoms with Crippen LogP contribution >= 0.6 is 11.3 Å². The van der Waals surface area contributed by atoms with Crippen molar-refractivity contribution in [3.8, 4) is 11.5 Å². The summed E-state index contributed by atoms with van der Waals surface area (Å²) in [6, 6.07) is 10.5. The molecular formula is C21H28N4O3S. The van der Waals surface area contributed by atoms with Crippen LogP contribution in [0.3, 0.4) is 0 Å². The molecule has 2 aliphatic rings. The Balaban J connectivity index is 1.41. The molecule has 2 N–H and O–H groups in total. The van der Waals surface area contributed by atoms with Crippen molar-refractivity contribution in [2.75, 3.05) is 58.4 Å². The number of morpholine rings is 1. The van der Waals surface area contributed by atoms with Crippen LogP contribution in [0.25, 0.3) is 0 Å². The number of nitrogens with zero attached hydrogens (tertiary/aromatic N) is 2. The molecule has 0 aliphatic carbocycles. The molecule has 0 bridgehead atoms. The second-order valence-corrected chi connectivity index (χ2v) is 7.95. The first-order valence-electron chi connectivity index (χ1n) is 10.1. The number of fused-ring (bicyclic) bond motifs is 1. The lowest BCUT2D eigenvalue weighted by molar-refractivity contribution is 0.0177. The number of benzene rings is 1. The maximum Gasteiger partial charge on any atom is 0.195 e. The molecule has 0 amide bonds. The minimum Gasteiger partial charge on any atom is -0.490 e. The second-order valence-electron chi connectivity index (χ2n) is 6.97. The summed E-state index contributed by atoms with van der Waals surface area (Å²) in [7, 11) is 1.78. The molecule has 0 spiro atoms. The van der Waals surface area contributed by atoms with E-state index in [1.165, 1.54) is 4.88 Å². The fourth-order valence-corrected chi connectivity index (χ4v) is 4.39. The van der Waals surface area contributed by atoms with Gasteiger partial charge in [0, 0.05) is 49.7 Å². The zero-order chi connectivity index (χ0) is 19.9. The van der Waals surface area contributed by atoms with Crippen LogP contribution in [0.2, 0.25) is 0 Å². The SMILES string of the molecule is CN=C(NCC(c1cccs1)N1CCOCC1)Nc1ccc2c(c1)OCCCO2. The van der Waals surface area contributed by atoms with Crippen molar-refractivity contribution in [1.29, 1.82) is 0 Å². The highest BCUT2D eigenvalue weighted by atomic mass is 32.1. The highest BCUT2D eigenvalue weighted by Crippen LogP contribution is 2.32. The molecule has 4 rings (SSSR count). The number of ether oxygens (including phenoxy) is 3. The lowest BCUT2D eigenvalue weighted by Gasteiger charge is -2.34. The standard InChI is InChI=1S/C21H28N4O3S/c1-22-21(24-16-5-6-18-19(14-16)28-10-3-9-27-18)23-15-17(20-4-2-13-29-20)25-7-11-26-12-8-25/h2,4-6,13-14,17H,3,7-12,15H2,1H3,(H2,22,23,24). The Kier molecular flexibility index (Phi) is 6.87. The lowest BCUT2D eigenvalue weighted by atomic mass is 10.2. The first kappa shape index (κ1) is 20.0. The van der Waals surface area contributed by atoms with Gasteiger partial charge in [-0.15, -0.1) is 11.3 Å². The third-order valence-corrected chi connectivity index (χ3v) is 6.03. The summed E-state index contributed by atoms with van der Waals surface area (Å²) in [5, 5.41) is 8.99. The molecule has 1 aromatic carbocycles. The minimum atomic E-state index is 0.293. The van der Waals surface area contributed by atoms with E-state index in [0.29, 0.717) is 19.3 Å². The van der Waals surface area contributed by atoms with Gasteiger partial charge in [0.1, 0.15) is 0 Å². The molecule has 1 saturated heterocycles. The summed E-state index contributed by atoms with van der Waals surface area (Å²) in [5.41, 5.74) is 0.918. The van der Waals surface area contributed by atoms with Crippen molar-refractivity contribution in [3.63, 3.8) is 0 Å². The van der Waals surface area contributed by atoms with E-state index in [1.807, 2.05) is 18.2 Å². The van der Waals surface area contributed by atoms with Crippen molar-refractivity contribution in [2.45, 2.75) is 12.5 Å². The largest absolute Gasteiger partial charge is 0.490 e. The van der Waals surface area contributed by atoms with Gasteiger partial charge in [-0.05, 0) is 23.6 Å². The molecule has 2 aromatic rings. The highest BCUT2D eigenvalue weighted by Gasteiger charge is 2.23. The third-order valence-electron chi connectivity index (χ3n) is 5.05. The number of hydrogen-bond donors (Lipinski definition) is 2. The molecule has 2 aliphatic heterocycles. The predicted molar refractivity (Wildman–Crippen MR) is 116 cm³/mol. The molecule has 0 saturated carbocycles. The topological polar surface area (TPSA) is 67.4 Å². The minimum absolute atomic E-state index is 0.293. The van der Waals surface area contributed by atoms with Gasteiger partial charge in [-0.25, -0.2) is 0 Å². The van der Waals surface area contributed by atoms with Gasteiger partial charge in [0.05, 0.1) is 32.5 Å². The first-order valence-corrected chi connectivity index (χ1v) is 10.9.